The van der Waals surface area contributed by atoms with Gasteiger partial charge in [0, 0.05) is 48.6 Å². The predicted octanol–water partition coefficient (Wildman–Crippen LogP) is 4.50. The van der Waals surface area contributed by atoms with Gasteiger partial charge in [-0.05, 0) is 61.7 Å². The molecule has 3 N–H and O–H groups in total. The molecule has 2 amide bonds. The number of aliphatic hydroxyl groups is 1. The van der Waals surface area contributed by atoms with Gasteiger partial charge in [-0.1, -0.05) is 35.9 Å². The van der Waals surface area contributed by atoms with Crippen molar-refractivity contribution in [3.05, 3.63) is 88.6 Å². The Balaban J connectivity index is 1.19. The van der Waals surface area contributed by atoms with Crippen LogP contribution in [0.25, 0.3) is 22.3 Å². The predicted molar refractivity (Wildman–Crippen MR) is 162 cm³/mol. The number of carbonyl (C=O) groups is 2. The number of benzene rings is 3. The number of rotatable bonds is 9. The van der Waals surface area contributed by atoms with Gasteiger partial charge in [0.05, 0.1) is 28.0 Å². The lowest BCUT2D eigenvalue weighted by Gasteiger charge is -2.44. The van der Waals surface area contributed by atoms with E-state index in [9.17, 15) is 9.59 Å². The van der Waals surface area contributed by atoms with Gasteiger partial charge in [0.25, 0.3) is 11.8 Å². The van der Waals surface area contributed by atoms with Crippen molar-refractivity contribution in [2.75, 3.05) is 26.4 Å². The second-order valence-corrected chi connectivity index (χ2v) is 11.1. The zero-order chi connectivity index (χ0) is 29.8. The highest BCUT2D eigenvalue weighted by Crippen LogP contribution is 2.34. The van der Waals surface area contributed by atoms with Gasteiger partial charge < -0.3 is 20.1 Å². The molecule has 2 aliphatic rings. The van der Waals surface area contributed by atoms with Crippen molar-refractivity contribution >= 4 is 34.4 Å². The molecule has 11 heteroatoms. The summed E-state index contributed by atoms with van der Waals surface area (Å²) in [7, 11) is 0. The van der Waals surface area contributed by atoms with Crippen LogP contribution in [-0.4, -0.2) is 63.9 Å². The Bertz CT molecular complexity index is 1640. The van der Waals surface area contributed by atoms with Crippen LogP contribution in [0.5, 0.6) is 5.75 Å². The molecule has 1 aromatic heterocycles. The van der Waals surface area contributed by atoms with E-state index >= 15 is 0 Å². The summed E-state index contributed by atoms with van der Waals surface area (Å²) in [4.78, 5) is 42.8. The number of aromatic nitrogens is 2. The fraction of sp³-hybridized carbons (Fsp3) is 0.312. The summed E-state index contributed by atoms with van der Waals surface area (Å²) in [6, 6.07) is 20.1. The number of ether oxygens (including phenoxy) is 1. The first-order valence-electron chi connectivity index (χ1n) is 14.4. The Morgan fingerprint density at radius 2 is 1.84 bits per heavy atom. The maximum Gasteiger partial charge on any atom is 0.258 e. The van der Waals surface area contributed by atoms with Gasteiger partial charge in [0.15, 0.2) is 12.5 Å². The fourth-order valence-corrected chi connectivity index (χ4v) is 5.70. The van der Waals surface area contributed by atoms with Crippen LogP contribution in [0.1, 0.15) is 52.1 Å². The Kier molecular flexibility index (Phi) is 8.53. The Morgan fingerprint density at radius 3 is 2.63 bits per heavy atom. The van der Waals surface area contributed by atoms with E-state index < -0.39 is 5.72 Å². The van der Waals surface area contributed by atoms with Crippen LogP contribution in [-0.2, 0) is 11.3 Å². The number of unbranched alkanes of at least 4 members (excludes halogenated alkanes) is 1. The number of aliphatic hydroxyl groups excluding tert-OH is 1. The van der Waals surface area contributed by atoms with Crippen LogP contribution in [0.3, 0.4) is 0 Å². The Hall–Kier alpha value is -4.09. The first kappa shape index (κ1) is 29.0. The molecule has 0 unspecified atom stereocenters. The molecule has 10 nitrogen and oxygen atoms in total. The molecule has 43 heavy (non-hydrogen) atoms. The number of nitrogens with one attached hydrogen (secondary N) is 2. The summed E-state index contributed by atoms with van der Waals surface area (Å²) in [5.74, 6) is 0.320. The van der Waals surface area contributed by atoms with E-state index in [1.54, 1.807) is 29.2 Å². The molecule has 1 spiro atoms. The SMILES string of the molecule is O=C1NC2(CCN(C(=O)c3ccc4nc(-c5ccc(Cl)cc5)c(CCCCNOCO)nc4c3)CC2)Oc2ccccc21. The number of aryl methyl sites for hydroxylation is 1. The number of halogens is 1. The van der Waals surface area contributed by atoms with Gasteiger partial charge in [-0.25, -0.2) is 9.97 Å². The summed E-state index contributed by atoms with van der Waals surface area (Å²) in [6.07, 6.45) is 3.27. The van der Waals surface area contributed by atoms with Crippen LogP contribution in [0.2, 0.25) is 5.02 Å². The van der Waals surface area contributed by atoms with E-state index in [0.717, 1.165) is 29.8 Å². The van der Waals surface area contributed by atoms with Crippen molar-refractivity contribution in [2.24, 2.45) is 0 Å². The van der Waals surface area contributed by atoms with E-state index in [2.05, 4.69) is 10.8 Å². The van der Waals surface area contributed by atoms with Crippen LogP contribution >= 0.6 is 11.6 Å². The molecule has 1 fully saturated rings. The molecule has 222 valence electrons. The number of hydrogen-bond acceptors (Lipinski definition) is 8. The first-order valence-corrected chi connectivity index (χ1v) is 14.7. The summed E-state index contributed by atoms with van der Waals surface area (Å²) < 4.78 is 6.23. The minimum Gasteiger partial charge on any atom is -0.467 e. The number of carbonyl (C=O) groups excluding carboxylic acids is 2. The van der Waals surface area contributed by atoms with Crippen molar-refractivity contribution in [3.63, 3.8) is 0 Å². The molecule has 0 atom stereocenters. The topological polar surface area (TPSA) is 126 Å². The second-order valence-electron chi connectivity index (χ2n) is 10.7. The van der Waals surface area contributed by atoms with Crippen molar-refractivity contribution < 1.29 is 24.3 Å². The summed E-state index contributed by atoms with van der Waals surface area (Å²) in [5.41, 5.74) is 6.81. The highest BCUT2D eigenvalue weighted by molar-refractivity contribution is 6.30. The summed E-state index contributed by atoms with van der Waals surface area (Å²) >= 11 is 6.12. The molecule has 0 aliphatic carbocycles. The highest BCUT2D eigenvalue weighted by atomic mass is 35.5. The molecular weight excluding hydrogens is 570 g/mol. The molecule has 2 aliphatic heterocycles. The van der Waals surface area contributed by atoms with Crippen LogP contribution in [0.4, 0.5) is 0 Å². The van der Waals surface area contributed by atoms with E-state index in [-0.39, 0.29) is 18.6 Å². The monoisotopic (exact) mass is 601 g/mol. The molecule has 3 aromatic carbocycles. The molecule has 0 saturated carbocycles. The molecule has 6 rings (SSSR count). The number of fused-ring (bicyclic) bond motifs is 2. The van der Waals surface area contributed by atoms with E-state index in [1.807, 2.05) is 42.5 Å². The molecule has 4 aromatic rings. The van der Waals surface area contributed by atoms with Crippen molar-refractivity contribution in [1.29, 1.82) is 0 Å². The number of hydrogen-bond donors (Lipinski definition) is 3. The standard InChI is InChI=1S/C32H32ClN5O5/c33-23-11-8-21(9-12-23)29-26(6-3-4-16-34-42-20-39)35-27-19-22(10-13-25(27)36-29)31(41)38-17-14-32(15-18-38)37-30(40)24-5-1-2-7-28(24)43-32/h1-2,5,7-13,19,34,39H,3-4,6,14-18,20H2,(H,37,40). The largest absolute Gasteiger partial charge is 0.467 e. The zero-order valence-electron chi connectivity index (χ0n) is 23.5. The van der Waals surface area contributed by atoms with Gasteiger partial charge >= 0.3 is 0 Å². The number of para-hydroxylation sites is 1. The van der Waals surface area contributed by atoms with Crippen molar-refractivity contribution in [1.82, 2.24) is 25.7 Å². The first-order chi connectivity index (χ1) is 20.9. The normalized spacial score (nSPS) is 15.7. The molecular formula is C32H32ClN5O5. The van der Waals surface area contributed by atoms with Gasteiger partial charge in [0.1, 0.15) is 5.75 Å². The molecule has 1 saturated heterocycles. The van der Waals surface area contributed by atoms with Gasteiger partial charge in [-0.2, -0.15) is 5.48 Å². The molecule has 0 radical (unpaired) electrons. The minimum absolute atomic E-state index is 0.0978. The van der Waals surface area contributed by atoms with E-state index in [0.29, 0.717) is 71.8 Å². The smallest absolute Gasteiger partial charge is 0.258 e. The number of amides is 2. The summed E-state index contributed by atoms with van der Waals surface area (Å²) in [5, 5.41) is 12.4. The third kappa shape index (κ3) is 6.33. The lowest BCUT2D eigenvalue weighted by molar-refractivity contribution is -0.0610. The maximum absolute atomic E-state index is 13.6. The van der Waals surface area contributed by atoms with Gasteiger partial charge in [-0.3, -0.25) is 14.4 Å². The highest BCUT2D eigenvalue weighted by Gasteiger charge is 2.43. The Morgan fingerprint density at radius 1 is 1.05 bits per heavy atom. The average molecular weight is 602 g/mol. The lowest BCUT2D eigenvalue weighted by Crippen LogP contribution is -2.61. The lowest BCUT2D eigenvalue weighted by atomic mass is 9.96. The van der Waals surface area contributed by atoms with Crippen LogP contribution in [0, 0.1) is 0 Å². The average Bonchev–Trinajstić information content (AvgIpc) is 3.02. The third-order valence-electron chi connectivity index (χ3n) is 7.85. The van der Waals surface area contributed by atoms with E-state index in [4.69, 9.17) is 36.2 Å². The number of nitrogens with zero attached hydrogens (tertiary/aromatic N) is 3. The minimum atomic E-state index is -0.816. The van der Waals surface area contributed by atoms with E-state index in [1.165, 1.54) is 0 Å². The van der Waals surface area contributed by atoms with Gasteiger partial charge in [-0.15, -0.1) is 0 Å². The number of hydroxylamine groups is 1. The zero-order valence-corrected chi connectivity index (χ0v) is 24.3. The second kappa shape index (κ2) is 12.6. The molecule has 0 bridgehead atoms. The summed E-state index contributed by atoms with van der Waals surface area (Å²) in [6.45, 7) is 1.10. The Labute approximate surface area is 253 Å². The van der Waals surface area contributed by atoms with Crippen LogP contribution < -0.4 is 15.5 Å². The quantitative estimate of drug-likeness (QED) is 0.145. The maximum atomic E-state index is 13.6. The third-order valence-corrected chi connectivity index (χ3v) is 8.10. The van der Waals surface area contributed by atoms with Gasteiger partial charge in [0.2, 0.25) is 0 Å². The number of likely N-dealkylation sites (tertiary alicyclic amines) is 1. The number of piperidine rings is 1. The fourth-order valence-electron chi connectivity index (χ4n) is 5.58. The molecule has 3 heterocycles. The van der Waals surface area contributed by atoms with Crippen molar-refractivity contribution in [3.8, 4) is 17.0 Å². The van der Waals surface area contributed by atoms with Crippen molar-refractivity contribution in [2.45, 2.75) is 37.8 Å². The van der Waals surface area contributed by atoms with Crippen LogP contribution in [0.15, 0.2) is 66.7 Å².